The second-order valence-electron chi connectivity index (χ2n) is 3.65. The molecule has 0 aliphatic rings. The summed E-state index contributed by atoms with van der Waals surface area (Å²) in [6.45, 7) is 0. The van der Waals surface area contributed by atoms with E-state index in [2.05, 4.69) is 0 Å². The first-order chi connectivity index (χ1) is 7.49. The number of benzene rings is 2. The molecule has 2 aromatic carbocycles. The molecule has 0 fully saturated rings. The molecule has 0 aliphatic carbocycles. The third-order valence-corrected chi connectivity index (χ3v) is 4.96. The maximum absolute atomic E-state index is 10.2. The van der Waals surface area contributed by atoms with E-state index in [0.29, 0.717) is 0 Å². The molecule has 3 N–H and O–H groups in total. The van der Waals surface area contributed by atoms with Gasteiger partial charge < -0.3 is 0 Å². The fourth-order valence-electron chi connectivity index (χ4n) is 1.55. The summed E-state index contributed by atoms with van der Waals surface area (Å²) in [6.07, 6.45) is 0. The Labute approximate surface area is 122 Å². The monoisotopic (exact) mass is 260 g/mol. The van der Waals surface area contributed by atoms with Crippen molar-refractivity contribution in [1.29, 1.82) is 0 Å². The summed E-state index contributed by atoms with van der Waals surface area (Å²) in [5, 5.41) is 0.277. The van der Waals surface area contributed by atoms with Crippen molar-refractivity contribution in [3.05, 3.63) is 60.7 Å². The van der Waals surface area contributed by atoms with Gasteiger partial charge in [0.15, 0.2) is 0 Å². The van der Waals surface area contributed by atoms with E-state index in [0.717, 1.165) is 0 Å². The van der Waals surface area contributed by atoms with Crippen LogP contribution in [0.25, 0.3) is 0 Å². The Morgan fingerprint density at radius 2 is 0.882 bits per heavy atom. The van der Waals surface area contributed by atoms with Crippen LogP contribution in [0.3, 0.4) is 0 Å². The van der Waals surface area contributed by atoms with Crippen LogP contribution in [0.1, 0.15) is 0 Å². The Balaban J connectivity index is 0.00000144. The number of hydrogen-bond acceptors (Lipinski definition) is 3. The minimum atomic E-state index is -4.93. The standard InChI is InChI=1S/C12H13O3P.Na.H/c13-16(14,15,11-7-3-1-4-8-11)12-9-5-2-6-10-12;;/h1-10,13-15H;;. The summed E-state index contributed by atoms with van der Waals surface area (Å²) in [5.41, 5.74) is 0. The van der Waals surface area contributed by atoms with Gasteiger partial charge in [-0.25, -0.2) is 0 Å². The van der Waals surface area contributed by atoms with Crippen LogP contribution in [0.2, 0.25) is 0 Å². The Morgan fingerprint density at radius 3 is 1.18 bits per heavy atom. The molecular weight excluding hydrogens is 246 g/mol. The maximum atomic E-state index is 10.2. The summed E-state index contributed by atoms with van der Waals surface area (Å²) >= 11 is 0. The molecule has 3 nitrogen and oxygen atoms in total. The van der Waals surface area contributed by atoms with Gasteiger partial charge in [-0.3, -0.25) is 0 Å². The van der Waals surface area contributed by atoms with Crippen LogP contribution >= 0.6 is 7.28 Å². The van der Waals surface area contributed by atoms with Crippen molar-refractivity contribution in [2.45, 2.75) is 0 Å². The average molecular weight is 260 g/mol. The van der Waals surface area contributed by atoms with Gasteiger partial charge in [-0.05, 0) is 0 Å². The van der Waals surface area contributed by atoms with Gasteiger partial charge in [-0.15, -0.1) is 0 Å². The van der Waals surface area contributed by atoms with Crippen LogP contribution in [0.5, 0.6) is 0 Å². The molecule has 0 bridgehead atoms. The van der Waals surface area contributed by atoms with E-state index in [-0.39, 0.29) is 40.2 Å². The van der Waals surface area contributed by atoms with Crippen LogP contribution in [-0.2, 0) is 0 Å². The third kappa shape index (κ3) is 2.95. The first-order valence-corrected chi connectivity index (χ1v) is 6.96. The van der Waals surface area contributed by atoms with Crippen LogP contribution in [-0.4, -0.2) is 44.2 Å². The van der Waals surface area contributed by atoms with Gasteiger partial charge in [0.2, 0.25) is 0 Å². The van der Waals surface area contributed by atoms with E-state index in [1.807, 2.05) is 0 Å². The second kappa shape index (κ2) is 5.17. The van der Waals surface area contributed by atoms with Crippen molar-refractivity contribution >= 4 is 47.5 Å². The number of rotatable bonds is 2. The van der Waals surface area contributed by atoms with Crippen LogP contribution in [0.15, 0.2) is 60.7 Å². The van der Waals surface area contributed by atoms with E-state index >= 15 is 0 Å². The van der Waals surface area contributed by atoms with Gasteiger partial charge >= 0.3 is 123 Å². The zero-order chi connectivity index (χ0) is 11.7. The van der Waals surface area contributed by atoms with Gasteiger partial charge in [-0.2, -0.15) is 0 Å². The summed E-state index contributed by atoms with van der Waals surface area (Å²) in [6, 6.07) is 16.1. The number of hydrogen-bond donors (Lipinski definition) is 3. The molecule has 0 spiro atoms. The molecule has 2 rings (SSSR count). The normalized spacial score (nSPS) is 13.2. The molecule has 0 heterocycles. The van der Waals surface area contributed by atoms with E-state index in [9.17, 15) is 14.7 Å². The third-order valence-electron chi connectivity index (χ3n) is 2.46. The minimum absolute atomic E-state index is 0. The molecular formula is C12H14NaO3P. The quantitative estimate of drug-likeness (QED) is 0.536. The van der Waals surface area contributed by atoms with Gasteiger partial charge in [0.05, 0.1) is 0 Å². The molecule has 0 amide bonds. The summed E-state index contributed by atoms with van der Waals surface area (Å²) in [7, 11) is -4.93. The zero-order valence-electron chi connectivity index (χ0n) is 8.56. The van der Waals surface area contributed by atoms with Crippen LogP contribution in [0, 0.1) is 0 Å². The Morgan fingerprint density at radius 1 is 0.588 bits per heavy atom. The van der Waals surface area contributed by atoms with Crippen molar-refractivity contribution in [1.82, 2.24) is 0 Å². The fourth-order valence-corrected chi connectivity index (χ4v) is 3.29. The first kappa shape index (κ1) is 14.8. The zero-order valence-corrected chi connectivity index (χ0v) is 9.46. The van der Waals surface area contributed by atoms with Gasteiger partial charge in [0.25, 0.3) is 0 Å². The SMILES string of the molecule is OP(O)(O)(c1ccccc1)c1ccccc1.[NaH]. The molecule has 0 saturated heterocycles. The van der Waals surface area contributed by atoms with Crippen LogP contribution in [0.4, 0.5) is 0 Å². The Hall–Kier alpha value is -0.250. The summed E-state index contributed by atoms with van der Waals surface area (Å²) < 4.78 is 0. The molecule has 0 radical (unpaired) electrons. The van der Waals surface area contributed by atoms with Gasteiger partial charge in [-0.1, -0.05) is 0 Å². The summed E-state index contributed by atoms with van der Waals surface area (Å²) in [5.74, 6) is 0. The predicted molar refractivity (Wildman–Crippen MR) is 72.9 cm³/mol. The topological polar surface area (TPSA) is 60.7 Å². The molecule has 0 unspecified atom stereocenters. The van der Waals surface area contributed by atoms with Crippen molar-refractivity contribution in [2.75, 3.05) is 0 Å². The molecule has 0 aliphatic heterocycles. The van der Waals surface area contributed by atoms with Crippen molar-refractivity contribution in [3.8, 4) is 0 Å². The second-order valence-corrected chi connectivity index (χ2v) is 6.64. The Kier molecular flexibility index (Phi) is 4.50. The molecule has 0 aromatic heterocycles. The van der Waals surface area contributed by atoms with Gasteiger partial charge in [0, 0.05) is 0 Å². The molecule has 2 aromatic rings. The van der Waals surface area contributed by atoms with Gasteiger partial charge in [0.1, 0.15) is 0 Å². The first-order valence-electron chi connectivity index (χ1n) is 4.87. The van der Waals surface area contributed by atoms with E-state index in [1.165, 1.54) is 24.3 Å². The average Bonchev–Trinajstić information content (AvgIpc) is 2.31. The molecule has 86 valence electrons. The van der Waals surface area contributed by atoms with E-state index < -0.39 is 7.28 Å². The van der Waals surface area contributed by atoms with E-state index in [4.69, 9.17) is 0 Å². The molecule has 17 heavy (non-hydrogen) atoms. The molecule has 5 heteroatoms. The molecule has 0 atom stereocenters. The van der Waals surface area contributed by atoms with Crippen molar-refractivity contribution in [3.63, 3.8) is 0 Å². The molecule has 0 saturated carbocycles. The van der Waals surface area contributed by atoms with Crippen molar-refractivity contribution in [2.24, 2.45) is 0 Å². The fraction of sp³-hybridized carbons (Fsp3) is 0. The van der Waals surface area contributed by atoms with Crippen molar-refractivity contribution < 1.29 is 14.7 Å². The summed E-state index contributed by atoms with van der Waals surface area (Å²) in [4.78, 5) is 30.5. The Bertz CT molecular complexity index is 436. The predicted octanol–water partition coefficient (Wildman–Crippen LogP) is 0.264. The van der Waals surface area contributed by atoms with Crippen LogP contribution < -0.4 is 10.6 Å². The van der Waals surface area contributed by atoms with E-state index in [1.54, 1.807) is 36.4 Å².